The molecule has 1 heterocycles. The first-order valence-electron chi connectivity index (χ1n) is 3.41. The van der Waals surface area contributed by atoms with E-state index in [2.05, 4.69) is 12.2 Å². The SMILES string of the molecule is CP1(=O)CCCC1.O=[PH](O)S. The fourth-order valence-corrected chi connectivity index (χ4v) is 3.01. The highest BCUT2D eigenvalue weighted by atomic mass is 32.7. The summed E-state index contributed by atoms with van der Waals surface area (Å²) in [6, 6.07) is 0. The Hall–Kier alpha value is 0.770. The van der Waals surface area contributed by atoms with Crippen molar-refractivity contribution < 1.29 is 14.0 Å². The Morgan fingerprint density at radius 2 is 1.73 bits per heavy atom. The van der Waals surface area contributed by atoms with Gasteiger partial charge in [0.05, 0.1) is 7.14 Å². The van der Waals surface area contributed by atoms with E-state index in [0.717, 1.165) is 12.3 Å². The van der Waals surface area contributed by atoms with Crippen LogP contribution in [0.25, 0.3) is 0 Å². The molecule has 1 rings (SSSR count). The third-order valence-electron chi connectivity index (χ3n) is 1.51. The predicted molar refractivity (Wildman–Crippen MR) is 52.7 cm³/mol. The molecule has 0 aliphatic carbocycles. The van der Waals surface area contributed by atoms with Crippen molar-refractivity contribution in [3.8, 4) is 0 Å². The van der Waals surface area contributed by atoms with Crippen LogP contribution in [0.15, 0.2) is 0 Å². The lowest BCUT2D eigenvalue weighted by molar-refractivity contribution is 0.520. The van der Waals surface area contributed by atoms with E-state index >= 15 is 0 Å². The largest absolute Gasteiger partial charge is 0.339 e. The van der Waals surface area contributed by atoms with Crippen LogP contribution in [-0.4, -0.2) is 23.9 Å². The first-order valence-corrected chi connectivity index (χ1v) is 8.58. The molecule has 0 bridgehead atoms. The molecule has 1 atom stereocenters. The molecule has 1 fully saturated rings. The van der Waals surface area contributed by atoms with Crippen LogP contribution in [0.4, 0.5) is 0 Å². The van der Waals surface area contributed by atoms with Gasteiger partial charge >= 0.3 is 0 Å². The van der Waals surface area contributed by atoms with E-state index in [0.29, 0.717) is 0 Å². The summed E-state index contributed by atoms with van der Waals surface area (Å²) in [5.41, 5.74) is 0. The lowest BCUT2D eigenvalue weighted by Crippen LogP contribution is -1.75. The molecule has 0 aromatic carbocycles. The number of rotatable bonds is 0. The summed E-state index contributed by atoms with van der Waals surface area (Å²) >= 11 is 3.07. The van der Waals surface area contributed by atoms with Crippen molar-refractivity contribution in [2.45, 2.75) is 12.8 Å². The molecule has 0 saturated carbocycles. The van der Waals surface area contributed by atoms with E-state index in [9.17, 15) is 4.57 Å². The Bertz CT molecular complexity index is 169. The smallest absolute Gasteiger partial charge is 0.240 e. The average Bonchev–Trinajstić information content (AvgIpc) is 2.11. The van der Waals surface area contributed by atoms with Gasteiger partial charge in [0.1, 0.15) is 0 Å². The Labute approximate surface area is 73.0 Å². The van der Waals surface area contributed by atoms with Gasteiger partial charge in [-0.25, -0.2) is 0 Å². The number of hydrogen-bond acceptors (Lipinski definition) is 2. The van der Waals surface area contributed by atoms with Gasteiger partial charge in [-0.2, -0.15) is 0 Å². The quantitative estimate of drug-likeness (QED) is 0.481. The predicted octanol–water partition coefficient (Wildman–Crippen LogP) is 2.07. The van der Waals surface area contributed by atoms with Crippen molar-refractivity contribution in [1.29, 1.82) is 0 Å². The second-order valence-corrected chi connectivity index (χ2v) is 7.93. The molecule has 0 amide bonds. The van der Waals surface area contributed by atoms with Crippen molar-refractivity contribution in [3.63, 3.8) is 0 Å². The molecule has 11 heavy (non-hydrogen) atoms. The molecule has 1 aliphatic heterocycles. The third-order valence-corrected chi connectivity index (χ3v) is 4.04. The molecule has 1 aliphatic rings. The maximum absolute atomic E-state index is 11.0. The van der Waals surface area contributed by atoms with Crippen molar-refractivity contribution in [2.75, 3.05) is 19.0 Å². The van der Waals surface area contributed by atoms with Gasteiger partial charge in [0, 0.05) is 12.3 Å². The van der Waals surface area contributed by atoms with Gasteiger partial charge < -0.3 is 9.46 Å². The summed E-state index contributed by atoms with van der Waals surface area (Å²) in [5.74, 6) is 0. The molecular weight excluding hydrogens is 202 g/mol. The van der Waals surface area contributed by atoms with Crippen LogP contribution in [0.5, 0.6) is 0 Å². The normalized spacial score (nSPS) is 23.5. The summed E-state index contributed by atoms with van der Waals surface area (Å²) in [5, 5.41) is 0. The van der Waals surface area contributed by atoms with Gasteiger partial charge in [0.25, 0.3) is 0 Å². The van der Waals surface area contributed by atoms with Crippen molar-refractivity contribution >= 4 is 26.6 Å². The Morgan fingerprint density at radius 3 is 1.82 bits per heavy atom. The molecule has 0 aromatic rings. The van der Waals surface area contributed by atoms with Gasteiger partial charge in [0.2, 0.25) is 7.23 Å². The standard InChI is InChI=1S/C5H11OP.H3O2PS/c1-7(6)4-2-3-5-7;1-3(2)4/h2-5H2,1H3;3H,(H2,1,2,4). The topological polar surface area (TPSA) is 54.4 Å². The Morgan fingerprint density at radius 1 is 1.45 bits per heavy atom. The zero-order chi connectivity index (χ0) is 8.91. The van der Waals surface area contributed by atoms with E-state index in [4.69, 9.17) is 9.46 Å². The highest BCUT2D eigenvalue weighted by Gasteiger charge is 2.19. The van der Waals surface area contributed by atoms with E-state index < -0.39 is 14.4 Å². The minimum atomic E-state index is -2.44. The molecule has 0 spiro atoms. The molecule has 1 unspecified atom stereocenters. The number of thiol groups is 1. The summed E-state index contributed by atoms with van der Waals surface area (Å²) < 4.78 is 20.1. The molecular formula is C5H14O3P2S. The summed E-state index contributed by atoms with van der Waals surface area (Å²) in [7, 11) is -3.98. The van der Waals surface area contributed by atoms with E-state index in [1.165, 1.54) is 12.8 Å². The van der Waals surface area contributed by atoms with Crippen molar-refractivity contribution in [3.05, 3.63) is 0 Å². The summed E-state index contributed by atoms with van der Waals surface area (Å²) in [4.78, 5) is 7.47. The van der Waals surface area contributed by atoms with Gasteiger partial charge in [0.15, 0.2) is 0 Å². The van der Waals surface area contributed by atoms with E-state index in [1.54, 1.807) is 0 Å². The number of hydrogen-bond donors (Lipinski definition) is 2. The maximum atomic E-state index is 11.0. The minimum Gasteiger partial charge on any atom is -0.339 e. The van der Waals surface area contributed by atoms with Crippen LogP contribution < -0.4 is 0 Å². The third kappa shape index (κ3) is 8.68. The molecule has 1 N–H and O–H groups in total. The lowest BCUT2D eigenvalue weighted by atomic mass is 10.4. The molecule has 1 saturated heterocycles. The van der Waals surface area contributed by atoms with Gasteiger partial charge in [-0.15, -0.1) is 0 Å². The molecule has 68 valence electrons. The second kappa shape index (κ2) is 5.42. The zero-order valence-electron chi connectivity index (χ0n) is 6.49. The molecule has 0 radical (unpaired) electrons. The summed E-state index contributed by atoms with van der Waals surface area (Å²) in [6.45, 7) is 1.92. The van der Waals surface area contributed by atoms with E-state index in [-0.39, 0.29) is 0 Å². The van der Waals surface area contributed by atoms with Gasteiger partial charge in [-0.05, 0) is 19.5 Å². The molecule has 0 aromatic heterocycles. The van der Waals surface area contributed by atoms with Crippen LogP contribution in [0.2, 0.25) is 0 Å². The van der Waals surface area contributed by atoms with Crippen molar-refractivity contribution in [1.82, 2.24) is 0 Å². The van der Waals surface area contributed by atoms with Crippen LogP contribution in [0.1, 0.15) is 12.8 Å². The summed E-state index contributed by atoms with van der Waals surface area (Å²) in [6.07, 6.45) is 4.42. The van der Waals surface area contributed by atoms with Gasteiger partial charge in [-0.1, -0.05) is 12.2 Å². The van der Waals surface area contributed by atoms with E-state index in [1.807, 2.05) is 6.66 Å². The molecule has 3 nitrogen and oxygen atoms in total. The fraction of sp³-hybridized carbons (Fsp3) is 1.00. The maximum Gasteiger partial charge on any atom is 0.240 e. The first-order chi connectivity index (χ1) is 4.94. The fourth-order valence-electron chi connectivity index (χ4n) is 1.00. The zero-order valence-corrected chi connectivity index (χ0v) is 9.28. The lowest BCUT2D eigenvalue weighted by Gasteiger charge is -1.96. The monoisotopic (exact) mass is 216 g/mol. The average molecular weight is 216 g/mol. The Kier molecular flexibility index (Phi) is 5.80. The van der Waals surface area contributed by atoms with Crippen LogP contribution in [0, 0.1) is 0 Å². The second-order valence-electron chi connectivity index (χ2n) is 2.73. The first kappa shape index (κ1) is 11.8. The highest BCUT2D eigenvalue weighted by Crippen LogP contribution is 2.47. The van der Waals surface area contributed by atoms with Crippen LogP contribution >= 0.6 is 26.6 Å². The molecule has 6 heteroatoms. The highest BCUT2D eigenvalue weighted by molar-refractivity contribution is 8.38. The van der Waals surface area contributed by atoms with Crippen LogP contribution in [0.3, 0.4) is 0 Å². The Balaban J connectivity index is 0.000000218. The van der Waals surface area contributed by atoms with Crippen LogP contribution in [-0.2, 0) is 9.13 Å². The van der Waals surface area contributed by atoms with Crippen molar-refractivity contribution in [2.24, 2.45) is 0 Å². The van der Waals surface area contributed by atoms with Gasteiger partial charge in [-0.3, -0.25) is 4.57 Å². The minimum absolute atomic E-state index is 1.01.